The Hall–Kier alpha value is -2.89. The first-order valence-electron chi connectivity index (χ1n) is 31.0. The molecule has 0 radical (unpaired) electrons. The minimum absolute atomic E-state index is 0.0215. The molecule has 5 nitrogen and oxygen atoms in total. The van der Waals surface area contributed by atoms with Gasteiger partial charge in [-0.2, -0.15) is 8.75 Å². The lowest BCUT2D eigenvalue weighted by Crippen LogP contribution is -2.39. The van der Waals surface area contributed by atoms with Crippen LogP contribution in [0.5, 0.6) is 11.5 Å². The lowest BCUT2D eigenvalue weighted by atomic mass is 9.64. The first-order valence-corrected chi connectivity index (χ1v) is 35.0. The average Bonchev–Trinajstić information content (AvgIpc) is 4.44. The first-order chi connectivity index (χ1) is 37.4. The van der Waals surface area contributed by atoms with Crippen molar-refractivity contribution in [3.63, 3.8) is 0 Å². The van der Waals surface area contributed by atoms with Crippen LogP contribution in [-0.4, -0.2) is 27.7 Å². The molecule has 5 heterocycles. The molecule has 78 heavy (non-hydrogen) atoms. The topological polar surface area (TPSA) is 61.3 Å². The van der Waals surface area contributed by atoms with Gasteiger partial charge in [0.15, 0.2) is 17.3 Å². The molecule has 2 unspecified atom stereocenters. The van der Waals surface area contributed by atoms with Crippen LogP contribution in [0.4, 0.5) is 0 Å². The van der Waals surface area contributed by atoms with Crippen LogP contribution < -0.4 is 9.47 Å². The van der Waals surface area contributed by atoms with E-state index < -0.39 is 5.41 Å². The fourth-order valence-electron chi connectivity index (χ4n) is 12.3. The van der Waals surface area contributed by atoms with Crippen molar-refractivity contribution in [1.29, 1.82) is 0 Å². The summed E-state index contributed by atoms with van der Waals surface area (Å²) in [6.45, 7) is 31.8. The number of benzene rings is 1. The third-order valence-corrected chi connectivity index (χ3v) is 23.4. The van der Waals surface area contributed by atoms with Crippen LogP contribution in [0.15, 0.2) is 30.3 Å². The SMILES string of the molecule is CCCCCCCCOc1c(OCCCCCCCC)c(-c2cc3c(s2)C(C)(C)C3)c2nsnc2c1-c1ccc(-c2cc3c(s2)-c2sc(C(C)(C)C)cc2C(CCC(C)CCCC(C)C)(CCC(C)CCCC(C)C)C3=O)s1. The van der Waals surface area contributed by atoms with Crippen molar-refractivity contribution in [2.24, 2.45) is 23.7 Å². The molecule has 1 aromatic carbocycles. The van der Waals surface area contributed by atoms with Crippen molar-refractivity contribution in [2.45, 2.75) is 254 Å². The summed E-state index contributed by atoms with van der Waals surface area (Å²) in [5.74, 6) is 4.60. The van der Waals surface area contributed by atoms with E-state index in [1.165, 1.54) is 147 Å². The van der Waals surface area contributed by atoms with Crippen LogP contribution in [0.2, 0.25) is 0 Å². The number of fused-ring (bicyclic) bond motifs is 5. The molecule has 5 aromatic heterocycles. The second-order valence-electron chi connectivity index (χ2n) is 26.6. The fourth-order valence-corrected chi connectivity index (χ4v) is 17.9. The van der Waals surface area contributed by atoms with Gasteiger partial charge in [0.25, 0.3) is 0 Å². The molecule has 0 saturated carbocycles. The molecule has 10 heteroatoms. The van der Waals surface area contributed by atoms with Crippen molar-refractivity contribution < 1.29 is 14.3 Å². The van der Waals surface area contributed by atoms with Crippen molar-refractivity contribution in [3.8, 4) is 51.9 Å². The number of carbonyl (C=O) groups excluding carboxylic acids is 1. The Morgan fingerprint density at radius 3 is 1.64 bits per heavy atom. The second-order valence-corrected chi connectivity index (χ2v) is 31.4. The van der Waals surface area contributed by atoms with Gasteiger partial charge in [-0.3, -0.25) is 4.79 Å². The fraction of sp³-hybridized carbons (Fsp3) is 0.662. The van der Waals surface area contributed by atoms with Crippen molar-refractivity contribution >= 4 is 73.9 Å². The van der Waals surface area contributed by atoms with Gasteiger partial charge in [0.05, 0.1) is 46.4 Å². The smallest absolute Gasteiger partial charge is 0.174 e. The number of rotatable bonds is 33. The van der Waals surface area contributed by atoms with E-state index in [1.54, 1.807) is 11.3 Å². The van der Waals surface area contributed by atoms with Gasteiger partial charge in [-0.25, -0.2) is 0 Å². The summed E-state index contributed by atoms with van der Waals surface area (Å²) < 4.78 is 24.6. The van der Waals surface area contributed by atoms with Crippen LogP contribution in [0.25, 0.3) is 51.4 Å². The highest BCUT2D eigenvalue weighted by Gasteiger charge is 2.49. The van der Waals surface area contributed by atoms with Crippen LogP contribution in [0.3, 0.4) is 0 Å². The molecule has 0 bridgehead atoms. The van der Waals surface area contributed by atoms with Gasteiger partial charge in [-0.05, 0) is 115 Å². The van der Waals surface area contributed by atoms with Crippen LogP contribution in [0, 0.1) is 23.7 Å². The van der Waals surface area contributed by atoms with Gasteiger partial charge in [0, 0.05) is 45.1 Å². The molecule has 2 aliphatic rings. The molecule has 0 fully saturated rings. The third kappa shape index (κ3) is 14.3. The van der Waals surface area contributed by atoms with Crippen LogP contribution in [0.1, 0.15) is 263 Å². The number of thiophene rings is 4. The number of hydrogen-bond donors (Lipinski definition) is 0. The van der Waals surface area contributed by atoms with E-state index in [4.69, 9.17) is 18.2 Å². The van der Waals surface area contributed by atoms with Gasteiger partial charge in [-0.1, -0.05) is 193 Å². The number of hydrogen-bond acceptors (Lipinski definition) is 10. The van der Waals surface area contributed by atoms with Gasteiger partial charge in [-0.15, -0.1) is 45.3 Å². The standard InChI is InChI=1S/C68H98N2O3S5/c1-14-16-18-20-22-24-38-72-60-56(58-59(70-78-69-58)57(54-40-48-43-67(12,13)65(48)76-54)61(60)73-39-25-23-21-19-17-15-2)52-33-32-51(74-52)53-41-49-62(75-53)63-50(42-55(77-63)66(9,10)11)68(64(49)71,36-34-46(7)30-26-28-44(3)4)37-35-47(8)31-27-29-45(5)6/h32-33,40-42,44-47H,14-31,34-39,43H2,1-13H3. The zero-order valence-electron chi connectivity index (χ0n) is 50.5. The van der Waals surface area contributed by atoms with Crippen LogP contribution >= 0.6 is 57.1 Å². The summed E-state index contributed by atoms with van der Waals surface area (Å²) in [6, 6.07) is 11.8. The molecule has 2 aliphatic carbocycles. The minimum atomic E-state index is -0.529. The summed E-state index contributed by atoms with van der Waals surface area (Å²) in [6.07, 6.45) is 26.9. The number of unbranched alkanes of at least 4 members (excludes halogenated alkanes) is 10. The molecule has 428 valence electrons. The molecule has 0 spiro atoms. The summed E-state index contributed by atoms with van der Waals surface area (Å²) in [7, 11) is 0. The minimum Gasteiger partial charge on any atom is -0.489 e. The predicted molar refractivity (Wildman–Crippen MR) is 344 cm³/mol. The van der Waals surface area contributed by atoms with E-state index in [1.807, 2.05) is 34.0 Å². The normalized spacial score (nSPS) is 16.7. The molecule has 0 aliphatic heterocycles. The van der Waals surface area contributed by atoms with E-state index in [-0.39, 0.29) is 10.8 Å². The predicted octanol–water partition coefficient (Wildman–Crippen LogP) is 23.1. The summed E-state index contributed by atoms with van der Waals surface area (Å²) in [5, 5.41) is 0. The summed E-state index contributed by atoms with van der Waals surface area (Å²) >= 11 is 8.79. The summed E-state index contributed by atoms with van der Waals surface area (Å²) in [4.78, 5) is 26.0. The molecular formula is C68H98N2O3S5. The van der Waals surface area contributed by atoms with Gasteiger partial charge in [0.1, 0.15) is 11.0 Å². The molecule has 8 rings (SSSR count). The maximum absolute atomic E-state index is 16.0. The van der Waals surface area contributed by atoms with Gasteiger partial charge >= 0.3 is 0 Å². The van der Waals surface area contributed by atoms with E-state index in [0.29, 0.717) is 30.8 Å². The Labute approximate surface area is 492 Å². The van der Waals surface area contributed by atoms with Gasteiger partial charge in [0.2, 0.25) is 0 Å². The zero-order chi connectivity index (χ0) is 55.8. The molecule has 0 N–H and O–H groups in total. The van der Waals surface area contributed by atoms with Crippen molar-refractivity contribution in [1.82, 2.24) is 8.75 Å². The highest BCUT2D eigenvalue weighted by Crippen LogP contribution is 2.59. The number of ether oxygens (including phenoxy) is 2. The number of Topliss-reactive ketones (excluding diaryl/α,β-unsaturated/α-hetero) is 1. The molecular weight excluding hydrogens is 1050 g/mol. The molecule has 0 amide bonds. The van der Waals surface area contributed by atoms with E-state index in [0.717, 1.165) is 114 Å². The van der Waals surface area contributed by atoms with Gasteiger partial charge < -0.3 is 9.47 Å². The second kappa shape index (κ2) is 27.5. The lowest BCUT2D eigenvalue weighted by Gasteiger charge is -2.38. The summed E-state index contributed by atoms with van der Waals surface area (Å²) in [5.41, 5.74) is 7.16. The monoisotopic (exact) mass is 1150 g/mol. The average molecular weight is 1150 g/mol. The van der Waals surface area contributed by atoms with Crippen molar-refractivity contribution in [2.75, 3.05) is 13.2 Å². The van der Waals surface area contributed by atoms with Crippen molar-refractivity contribution in [3.05, 3.63) is 56.8 Å². The molecule has 2 atom stereocenters. The number of aromatic nitrogens is 2. The maximum Gasteiger partial charge on any atom is 0.174 e. The number of ketones is 1. The zero-order valence-corrected chi connectivity index (χ0v) is 54.6. The Morgan fingerprint density at radius 2 is 1.12 bits per heavy atom. The Bertz CT molecular complexity index is 2850. The Morgan fingerprint density at radius 1 is 0.577 bits per heavy atom. The molecule has 0 saturated heterocycles. The Kier molecular flexibility index (Phi) is 21.5. The van der Waals surface area contributed by atoms with E-state index >= 15 is 4.79 Å². The Balaban J connectivity index is 1.21. The lowest BCUT2D eigenvalue weighted by molar-refractivity contribution is 0.0846. The quantitative estimate of drug-likeness (QED) is 0.0384. The maximum atomic E-state index is 16.0. The highest BCUT2D eigenvalue weighted by atomic mass is 32.1. The highest BCUT2D eigenvalue weighted by molar-refractivity contribution is 7.27. The van der Waals surface area contributed by atoms with E-state index in [2.05, 4.69) is 120 Å². The number of nitrogens with zero attached hydrogens (tertiary/aromatic N) is 2. The number of carbonyl (C=O) groups is 1. The third-order valence-electron chi connectivity index (χ3n) is 17.2. The van der Waals surface area contributed by atoms with E-state index in [9.17, 15) is 0 Å². The largest absolute Gasteiger partial charge is 0.489 e. The first kappa shape index (κ1) is 61.2. The van der Waals surface area contributed by atoms with Crippen LogP contribution in [-0.2, 0) is 22.7 Å². The molecule has 6 aromatic rings.